The highest BCUT2D eigenvalue weighted by Crippen LogP contribution is 2.25. The van der Waals surface area contributed by atoms with Gasteiger partial charge in [0.25, 0.3) is 0 Å². The Bertz CT molecular complexity index is 802. The fraction of sp³-hybridized carbons (Fsp3) is 0.188. The number of hydrogen-bond donors (Lipinski definition) is 3. The van der Waals surface area contributed by atoms with Crippen LogP contribution in [0.15, 0.2) is 47.3 Å². The van der Waals surface area contributed by atoms with Crippen LogP contribution in [-0.4, -0.2) is 24.1 Å². The quantitative estimate of drug-likeness (QED) is 0.687. The predicted molar refractivity (Wildman–Crippen MR) is 82.8 cm³/mol. The average Bonchev–Trinajstić information content (AvgIpc) is 2.88. The summed E-state index contributed by atoms with van der Waals surface area (Å²) in [5, 5.41) is 3.30. The number of aromatic nitrogens is 2. The monoisotopic (exact) mass is 283 g/mol. The highest BCUT2D eigenvalue weighted by Gasteiger charge is 2.13. The van der Waals surface area contributed by atoms with Crippen LogP contribution >= 0.6 is 0 Å². The van der Waals surface area contributed by atoms with Gasteiger partial charge in [-0.3, -0.25) is 0 Å². The molecule has 1 unspecified atom stereocenters. The number of aromatic amines is 2. The third-order valence-corrected chi connectivity index (χ3v) is 3.61. The number of nitrogens with one attached hydrogen (secondary N) is 3. The van der Waals surface area contributed by atoms with Crippen LogP contribution in [0.2, 0.25) is 0 Å². The van der Waals surface area contributed by atoms with Crippen molar-refractivity contribution < 1.29 is 4.74 Å². The van der Waals surface area contributed by atoms with E-state index in [-0.39, 0.29) is 11.7 Å². The summed E-state index contributed by atoms with van der Waals surface area (Å²) in [5.74, 6) is 0.832. The summed E-state index contributed by atoms with van der Waals surface area (Å²) in [6, 6.07) is 13.9. The summed E-state index contributed by atoms with van der Waals surface area (Å²) < 4.78 is 5.18. The molecule has 5 heteroatoms. The number of methoxy groups -OCH3 is 1. The second-order valence-corrected chi connectivity index (χ2v) is 4.88. The van der Waals surface area contributed by atoms with Gasteiger partial charge in [-0.2, -0.15) is 0 Å². The lowest BCUT2D eigenvalue weighted by Gasteiger charge is -2.17. The second kappa shape index (κ2) is 5.46. The molecule has 0 spiro atoms. The molecule has 3 rings (SSSR count). The van der Waals surface area contributed by atoms with Gasteiger partial charge in [0.15, 0.2) is 0 Å². The first-order valence-corrected chi connectivity index (χ1v) is 6.74. The van der Waals surface area contributed by atoms with Crippen LogP contribution in [0.1, 0.15) is 17.2 Å². The first-order chi connectivity index (χ1) is 10.2. The summed E-state index contributed by atoms with van der Waals surface area (Å²) in [6.45, 7) is 0. The smallest absolute Gasteiger partial charge is 0.323 e. The van der Waals surface area contributed by atoms with Gasteiger partial charge in [-0.15, -0.1) is 0 Å². The van der Waals surface area contributed by atoms with Crippen LogP contribution in [-0.2, 0) is 0 Å². The van der Waals surface area contributed by atoms with Crippen molar-refractivity contribution in [3.8, 4) is 5.75 Å². The molecule has 1 atom stereocenters. The molecule has 5 nitrogen and oxygen atoms in total. The van der Waals surface area contributed by atoms with Gasteiger partial charge in [0.1, 0.15) is 5.75 Å². The van der Waals surface area contributed by atoms with Gasteiger partial charge in [-0.05, 0) is 42.4 Å². The summed E-state index contributed by atoms with van der Waals surface area (Å²) in [5.41, 5.74) is 3.66. The zero-order chi connectivity index (χ0) is 14.8. The van der Waals surface area contributed by atoms with Crippen molar-refractivity contribution in [2.45, 2.75) is 6.04 Å². The van der Waals surface area contributed by atoms with E-state index in [2.05, 4.69) is 15.3 Å². The number of rotatable bonds is 4. The van der Waals surface area contributed by atoms with E-state index < -0.39 is 0 Å². The summed E-state index contributed by atoms with van der Waals surface area (Å²) in [7, 11) is 3.57. The van der Waals surface area contributed by atoms with Crippen LogP contribution in [0.25, 0.3) is 11.0 Å². The Morgan fingerprint density at radius 3 is 2.33 bits per heavy atom. The van der Waals surface area contributed by atoms with E-state index in [1.807, 2.05) is 49.5 Å². The summed E-state index contributed by atoms with van der Waals surface area (Å²) >= 11 is 0. The van der Waals surface area contributed by atoms with E-state index in [0.29, 0.717) is 0 Å². The molecule has 1 heterocycles. The Kier molecular flexibility index (Phi) is 3.50. The lowest BCUT2D eigenvalue weighted by Crippen LogP contribution is -2.17. The summed E-state index contributed by atoms with van der Waals surface area (Å²) in [6.07, 6.45) is 0. The highest BCUT2D eigenvalue weighted by atomic mass is 16.5. The number of benzene rings is 2. The summed E-state index contributed by atoms with van der Waals surface area (Å²) in [4.78, 5) is 16.9. The normalized spacial score (nSPS) is 12.5. The number of hydrogen-bond acceptors (Lipinski definition) is 3. The molecule has 3 aromatic rings. The lowest BCUT2D eigenvalue weighted by molar-refractivity contribution is 0.414. The number of imidazole rings is 1. The number of fused-ring (bicyclic) bond motifs is 1. The van der Waals surface area contributed by atoms with E-state index in [4.69, 9.17) is 4.74 Å². The molecule has 0 aliphatic heterocycles. The van der Waals surface area contributed by atoms with Crippen molar-refractivity contribution in [3.63, 3.8) is 0 Å². The van der Waals surface area contributed by atoms with Crippen molar-refractivity contribution in [2.75, 3.05) is 14.2 Å². The maximum Gasteiger partial charge on any atom is 0.323 e. The van der Waals surface area contributed by atoms with Gasteiger partial charge in [-0.1, -0.05) is 18.2 Å². The van der Waals surface area contributed by atoms with Gasteiger partial charge >= 0.3 is 5.69 Å². The molecule has 3 N–H and O–H groups in total. The zero-order valence-corrected chi connectivity index (χ0v) is 11.9. The molecule has 0 saturated heterocycles. The molecular weight excluding hydrogens is 266 g/mol. The van der Waals surface area contributed by atoms with Gasteiger partial charge in [-0.25, -0.2) is 4.79 Å². The van der Waals surface area contributed by atoms with E-state index in [1.165, 1.54) is 0 Å². The van der Waals surface area contributed by atoms with Crippen molar-refractivity contribution in [3.05, 3.63) is 64.1 Å². The number of H-pyrrole nitrogens is 2. The van der Waals surface area contributed by atoms with Crippen LogP contribution in [0.3, 0.4) is 0 Å². The molecule has 0 aliphatic rings. The van der Waals surface area contributed by atoms with Crippen molar-refractivity contribution >= 4 is 11.0 Å². The number of ether oxygens (including phenoxy) is 1. The highest BCUT2D eigenvalue weighted by molar-refractivity contribution is 5.75. The fourth-order valence-corrected chi connectivity index (χ4v) is 2.55. The van der Waals surface area contributed by atoms with Crippen molar-refractivity contribution in [1.29, 1.82) is 0 Å². The molecule has 1 aromatic heterocycles. The molecule has 0 saturated carbocycles. The minimum Gasteiger partial charge on any atom is -0.497 e. The van der Waals surface area contributed by atoms with Crippen LogP contribution in [0.5, 0.6) is 5.75 Å². The van der Waals surface area contributed by atoms with E-state index >= 15 is 0 Å². The van der Waals surface area contributed by atoms with Crippen LogP contribution in [0, 0.1) is 0 Å². The van der Waals surface area contributed by atoms with E-state index in [0.717, 1.165) is 27.9 Å². The van der Waals surface area contributed by atoms with Crippen molar-refractivity contribution in [2.24, 2.45) is 0 Å². The largest absolute Gasteiger partial charge is 0.497 e. The van der Waals surface area contributed by atoms with Crippen molar-refractivity contribution in [1.82, 2.24) is 15.3 Å². The maximum atomic E-state index is 11.3. The SMILES string of the molecule is CNC(c1ccc(OC)cc1)c1ccc2[nH]c(=O)[nH]c2c1. The topological polar surface area (TPSA) is 69.9 Å². The second-order valence-electron chi connectivity index (χ2n) is 4.88. The molecule has 0 aliphatic carbocycles. The average molecular weight is 283 g/mol. The molecule has 21 heavy (non-hydrogen) atoms. The minimum atomic E-state index is -0.187. The maximum absolute atomic E-state index is 11.3. The molecular formula is C16H17N3O2. The molecule has 0 radical (unpaired) electrons. The van der Waals surface area contributed by atoms with Crippen LogP contribution < -0.4 is 15.7 Å². The Balaban J connectivity index is 2.01. The van der Waals surface area contributed by atoms with Gasteiger partial charge < -0.3 is 20.0 Å². The van der Waals surface area contributed by atoms with Gasteiger partial charge in [0.2, 0.25) is 0 Å². The molecule has 0 fully saturated rings. The minimum absolute atomic E-state index is 0.0544. The first kappa shape index (κ1) is 13.5. The predicted octanol–water partition coefficient (Wildman–Crippen LogP) is 2.17. The molecule has 0 bridgehead atoms. The van der Waals surface area contributed by atoms with Gasteiger partial charge in [0.05, 0.1) is 24.2 Å². The molecule has 108 valence electrons. The van der Waals surface area contributed by atoms with Gasteiger partial charge in [0, 0.05) is 0 Å². The van der Waals surface area contributed by atoms with E-state index in [1.54, 1.807) is 7.11 Å². The van der Waals surface area contributed by atoms with Crippen LogP contribution in [0.4, 0.5) is 0 Å². The zero-order valence-electron chi connectivity index (χ0n) is 11.9. The standard InChI is InChI=1S/C16H17N3O2/c1-17-15(10-3-6-12(21-2)7-4-10)11-5-8-13-14(9-11)19-16(20)18-13/h3-9,15,17H,1-2H3,(H2,18,19,20). The Morgan fingerprint density at radius 1 is 1.00 bits per heavy atom. The lowest BCUT2D eigenvalue weighted by atomic mass is 9.98. The Hall–Kier alpha value is -2.53. The third kappa shape index (κ3) is 2.55. The fourth-order valence-electron chi connectivity index (χ4n) is 2.55. The molecule has 0 amide bonds. The Labute approximate surface area is 122 Å². The third-order valence-electron chi connectivity index (χ3n) is 3.61. The Morgan fingerprint density at radius 2 is 1.67 bits per heavy atom. The van der Waals surface area contributed by atoms with E-state index in [9.17, 15) is 4.79 Å². The first-order valence-electron chi connectivity index (χ1n) is 6.74. The molecule has 2 aromatic carbocycles.